The van der Waals surface area contributed by atoms with E-state index < -0.39 is 0 Å². The molecule has 0 atom stereocenters. The molecule has 0 unspecified atom stereocenters. The summed E-state index contributed by atoms with van der Waals surface area (Å²) in [4.78, 5) is 30.3. The van der Waals surface area contributed by atoms with Crippen molar-refractivity contribution in [3.8, 4) is 0 Å². The zero-order valence-electron chi connectivity index (χ0n) is 12.9. The lowest BCUT2D eigenvalue weighted by Crippen LogP contribution is -2.26. The van der Waals surface area contributed by atoms with E-state index in [1.807, 2.05) is 12.1 Å². The highest BCUT2D eigenvalue weighted by molar-refractivity contribution is 9.08. The van der Waals surface area contributed by atoms with Gasteiger partial charge in [0.1, 0.15) is 0 Å². The molecule has 0 aliphatic heterocycles. The van der Waals surface area contributed by atoms with Crippen molar-refractivity contribution in [2.24, 2.45) is 0 Å². The molecule has 0 saturated heterocycles. The van der Waals surface area contributed by atoms with E-state index in [1.165, 1.54) is 0 Å². The monoisotopic (exact) mass is 378 g/mol. The molecule has 0 aliphatic rings. The lowest BCUT2D eigenvalue weighted by molar-refractivity contribution is 0.0953. The van der Waals surface area contributed by atoms with Gasteiger partial charge in [-0.3, -0.25) is 14.6 Å². The molecule has 1 heterocycles. The molecule has 1 aromatic carbocycles. The van der Waals surface area contributed by atoms with Gasteiger partial charge in [0.2, 0.25) is 5.95 Å². The fourth-order valence-corrected chi connectivity index (χ4v) is 2.61. The molecule has 0 radical (unpaired) electrons. The molecule has 0 fully saturated rings. The first kappa shape index (κ1) is 17.2. The number of benzene rings is 1. The zero-order chi connectivity index (χ0) is 16.8. The van der Waals surface area contributed by atoms with E-state index in [2.05, 4.69) is 31.2 Å². The van der Waals surface area contributed by atoms with Crippen LogP contribution in [0.15, 0.2) is 29.1 Å². The standard InChI is InChI=1S/C16H19BrN4O2/c1-10-13(15(23)21-16(18)20-10)3-2-8-19-14(22)12-6-4-11(9-17)5-7-12/h4-7H,2-3,8-9H2,1H3,(H,19,22)(H3,18,20,21,23). The smallest absolute Gasteiger partial charge is 0.255 e. The second kappa shape index (κ2) is 7.92. The number of anilines is 1. The number of H-pyrrole nitrogens is 1. The first-order valence-corrected chi connectivity index (χ1v) is 8.41. The van der Waals surface area contributed by atoms with Crippen LogP contribution in [-0.2, 0) is 11.8 Å². The molecule has 6 nitrogen and oxygen atoms in total. The zero-order valence-corrected chi connectivity index (χ0v) is 14.4. The molecule has 0 saturated carbocycles. The summed E-state index contributed by atoms with van der Waals surface area (Å²) in [6, 6.07) is 7.41. The van der Waals surface area contributed by atoms with Crippen molar-refractivity contribution in [2.75, 3.05) is 12.3 Å². The third kappa shape index (κ3) is 4.66. The van der Waals surface area contributed by atoms with Gasteiger partial charge < -0.3 is 11.1 Å². The van der Waals surface area contributed by atoms with Crippen molar-refractivity contribution < 1.29 is 4.79 Å². The number of amides is 1. The Morgan fingerprint density at radius 1 is 1.35 bits per heavy atom. The Hall–Kier alpha value is -2.15. The number of halogens is 1. The van der Waals surface area contributed by atoms with E-state index in [1.54, 1.807) is 19.1 Å². The van der Waals surface area contributed by atoms with Crippen LogP contribution in [0.5, 0.6) is 0 Å². The van der Waals surface area contributed by atoms with Crippen LogP contribution in [0.2, 0.25) is 0 Å². The number of aryl methyl sites for hydroxylation is 1. The predicted molar refractivity (Wildman–Crippen MR) is 93.7 cm³/mol. The number of carbonyl (C=O) groups is 1. The Labute approximate surface area is 142 Å². The van der Waals surface area contributed by atoms with Crippen LogP contribution in [0.1, 0.15) is 33.6 Å². The number of aromatic amines is 1. The van der Waals surface area contributed by atoms with Crippen LogP contribution in [0.25, 0.3) is 0 Å². The van der Waals surface area contributed by atoms with Gasteiger partial charge in [-0.15, -0.1) is 0 Å². The average molecular weight is 379 g/mol. The van der Waals surface area contributed by atoms with Gasteiger partial charge in [0.05, 0.1) is 0 Å². The lowest BCUT2D eigenvalue weighted by Gasteiger charge is -2.07. The van der Waals surface area contributed by atoms with E-state index in [-0.39, 0.29) is 17.4 Å². The second-order valence-electron chi connectivity index (χ2n) is 5.21. The number of nitrogen functional groups attached to an aromatic ring is 1. The normalized spacial score (nSPS) is 10.5. The Balaban J connectivity index is 1.85. The van der Waals surface area contributed by atoms with Gasteiger partial charge in [-0.2, -0.15) is 0 Å². The number of rotatable bonds is 6. The molecule has 2 aromatic rings. The maximum absolute atomic E-state index is 12.0. The predicted octanol–water partition coefficient (Wildman–Crippen LogP) is 1.92. The summed E-state index contributed by atoms with van der Waals surface area (Å²) in [6.07, 6.45) is 1.19. The van der Waals surface area contributed by atoms with Gasteiger partial charge in [0, 0.05) is 28.7 Å². The van der Waals surface area contributed by atoms with E-state index in [9.17, 15) is 9.59 Å². The number of nitrogens with two attached hydrogens (primary N) is 1. The molecular weight excluding hydrogens is 360 g/mol. The van der Waals surface area contributed by atoms with Crippen molar-refractivity contribution in [3.63, 3.8) is 0 Å². The van der Waals surface area contributed by atoms with E-state index in [0.29, 0.717) is 36.2 Å². The maximum atomic E-state index is 12.0. The molecule has 122 valence electrons. The minimum absolute atomic E-state index is 0.118. The Kier molecular flexibility index (Phi) is 5.92. The van der Waals surface area contributed by atoms with Gasteiger partial charge >= 0.3 is 0 Å². The number of carbonyl (C=O) groups excluding carboxylic acids is 1. The molecule has 1 aromatic heterocycles. The highest BCUT2D eigenvalue weighted by atomic mass is 79.9. The van der Waals surface area contributed by atoms with Crippen molar-refractivity contribution in [3.05, 3.63) is 57.0 Å². The van der Waals surface area contributed by atoms with Crippen LogP contribution in [0.3, 0.4) is 0 Å². The molecular formula is C16H19BrN4O2. The summed E-state index contributed by atoms with van der Waals surface area (Å²) in [7, 11) is 0. The maximum Gasteiger partial charge on any atom is 0.255 e. The van der Waals surface area contributed by atoms with Gasteiger partial charge in [0.15, 0.2) is 0 Å². The molecule has 0 aliphatic carbocycles. The van der Waals surface area contributed by atoms with Crippen LogP contribution in [-0.4, -0.2) is 22.4 Å². The van der Waals surface area contributed by atoms with E-state index in [4.69, 9.17) is 5.73 Å². The SMILES string of the molecule is Cc1nc(N)[nH]c(=O)c1CCCNC(=O)c1ccc(CBr)cc1. The van der Waals surface area contributed by atoms with Gasteiger partial charge in [-0.05, 0) is 37.5 Å². The lowest BCUT2D eigenvalue weighted by atomic mass is 10.1. The highest BCUT2D eigenvalue weighted by Gasteiger charge is 2.08. The summed E-state index contributed by atoms with van der Waals surface area (Å²) in [5.41, 5.74) is 8.24. The number of aromatic nitrogens is 2. The molecule has 2 rings (SSSR count). The topological polar surface area (TPSA) is 101 Å². The first-order chi connectivity index (χ1) is 11.0. The number of hydrogen-bond donors (Lipinski definition) is 3. The Morgan fingerprint density at radius 3 is 2.65 bits per heavy atom. The first-order valence-electron chi connectivity index (χ1n) is 7.29. The van der Waals surface area contributed by atoms with E-state index in [0.717, 1.165) is 10.9 Å². The number of nitrogens with one attached hydrogen (secondary N) is 2. The van der Waals surface area contributed by atoms with Crippen LogP contribution in [0.4, 0.5) is 5.95 Å². The number of alkyl halides is 1. The van der Waals surface area contributed by atoms with Crippen molar-refractivity contribution >= 4 is 27.8 Å². The fourth-order valence-electron chi connectivity index (χ4n) is 2.24. The molecule has 1 amide bonds. The van der Waals surface area contributed by atoms with Crippen molar-refractivity contribution in [1.29, 1.82) is 0 Å². The minimum atomic E-state index is -0.216. The third-order valence-corrected chi connectivity index (χ3v) is 4.15. The summed E-state index contributed by atoms with van der Waals surface area (Å²) in [6.45, 7) is 2.24. The highest BCUT2D eigenvalue weighted by Crippen LogP contribution is 2.08. The number of nitrogens with zero attached hydrogens (tertiary/aromatic N) is 1. The van der Waals surface area contributed by atoms with Crippen molar-refractivity contribution in [2.45, 2.75) is 25.1 Å². The summed E-state index contributed by atoms with van der Waals surface area (Å²) < 4.78 is 0. The summed E-state index contributed by atoms with van der Waals surface area (Å²) in [5, 5.41) is 3.61. The fraction of sp³-hybridized carbons (Fsp3) is 0.312. The van der Waals surface area contributed by atoms with Crippen molar-refractivity contribution in [1.82, 2.24) is 15.3 Å². The summed E-state index contributed by atoms with van der Waals surface area (Å²) in [5.74, 6) is 0.00339. The second-order valence-corrected chi connectivity index (χ2v) is 5.77. The largest absolute Gasteiger partial charge is 0.369 e. The molecule has 23 heavy (non-hydrogen) atoms. The van der Waals surface area contributed by atoms with Gasteiger partial charge in [0.25, 0.3) is 11.5 Å². The molecule has 0 spiro atoms. The van der Waals surface area contributed by atoms with Gasteiger partial charge in [-0.1, -0.05) is 28.1 Å². The van der Waals surface area contributed by atoms with Crippen LogP contribution < -0.4 is 16.6 Å². The average Bonchev–Trinajstić information content (AvgIpc) is 2.53. The van der Waals surface area contributed by atoms with Gasteiger partial charge in [-0.25, -0.2) is 4.98 Å². The molecule has 4 N–H and O–H groups in total. The van der Waals surface area contributed by atoms with Crippen LogP contribution in [0, 0.1) is 6.92 Å². The Bertz CT molecular complexity index is 741. The van der Waals surface area contributed by atoms with Crippen LogP contribution >= 0.6 is 15.9 Å². The number of hydrogen-bond acceptors (Lipinski definition) is 4. The Morgan fingerprint density at radius 2 is 2.04 bits per heavy atom. The minimum Gasteiger partial charge on any atom is -0.369 e. The van der Waals surface area contributed by atoms with E-state index >= 15 is 0 Å². The summed E-state index contributed by atoms with van der Waals surface area (Å²) >= 11 is 3.37. The molecule has 7 heteroatoms. The third-order valence-electron chi connectivity index (χ3n) is 3.50. The quantitative estimate of drug-likeness (QED) is 0.527. The molecule has 0 bridgehead atoms.